The van der Waals surface area contributed by atoms with Crippen LogP contribution in [0.1, 0.15) is 24.2 Å². The third-order valence-corrected chi connectivity index (χ3v) is 1.50. The van der Waals surface area contributed by atoms with Crippen molar-refractivity contribution in [3.63, 3.8) is 0 Å². The van der Waals surface area contributed by atoms with E-state index in [0.29, 0.717) is 0 Å². The van der Waals surface area contributed by atoms with Crippen LogP contribution in [0, 0.1) is 11.6 Å². The van der Waals surface area contributed by atoms with Crippen LogP contribution in [0.5, 0.6) is 0 Å². The number of esters is 1. The SMILES string of the molecule is CC(C)OC(=O)c1ccc(F)c(F)c1. The molecule has 0 radical (unpaired) electrons. The minimum absolute atomic E-state index is 0.0117. The summed E-state index contributed by atoms with van der Waals surface area (Å²) < 4.78 is 30.0. The molecule has 0 unspecified atom stereocenters. The van der Waals surface area contributed by atoms with Crippen LogP contribution in [0.25, 0.3) is 0 Å². The second-order valence-corrected chi connectivity index (χ2v) is 3.08. The van der Waals surface area contributed by atoms with Gasteiger partial charge in [-0.2, -0.15) is 0 Å². The van der Waals surface area contributed by atoms with Gasteiger partial charge in [-0.1, -0.05) is 0 Å². The zero-order valence-corrected chi connectivity index (χ0v) is 7.88. The summed E-state index contributed by atoms with van der Waals surface area (Å²) in [5.74, 6) is -2.69. The quantitative estimate of drug-likeness (QED) is 0.685. The predicted octanol–water partition coefficient (Wildman–Crippen LogP) is 2.53. The van der Waals surface area contributed by atoms with Crippen molar-refractivity contribution in [2.75, 3.05) is 0 Å². The number of benzene rings is 1. The van der Waals surface area contributed by atoms with Gasteiger partial charge in [0, 0.05) is 0 Å². The van der Waals surface area contributed by atoms with E-state index >= 15 is 0 Å². The summed E-state index contributed by atoms with van der Waals surface area (Å²) in [4.78, 5) is 11.2. The zero-order chi connectivity index (χ0) is 10.7. The van der Waals surface area contributed by atoms with Crippen LogP contribution in [0.4, 0.5) is 8.78 Å². The van der Waals surface area contributed by atoms with E-state index in [0.717, 1.165) is 12.1 Å². The summed E-state index contributed by atoms with van der Waals surface area (Å²) in [6.45, 7) is 3.36. The summed E-state index contributed by atoms with van der Waals surface area (Å²) in [7, 11) is 0. The molecule has 0 aromatic heterocycles. The first-order chi connectivity index (χ1) is 6.50. The van der Waals surface area contributed by atoms with Crippen molar-refractivity contribution >= 4 is 5.97 Å². The molecule has 1 rings (SSSR count). The van der Waals surface area contributed by atoms with Gasteiger partial charge in [0.05, 0.1) is 11.7 Å². The van der Waals surface area contributed by atoms with E-state index in [1.54, 1.807) is 13.8 Å². The number of halogens is 2. The average molecular weight is 200 g/mol. The monoisotopic (exact) mass is 200 g/mol. The Kier molecular flexibility index (Phi) is 3.17. The van der Waals surface area contributed by atoms with Crippen molar-refractivity contribution in [2.24, 2.45) is 0 Å². The van der Waals surface area contributed by atoms with E-state index in [-0.39, 0.29) is 11.7 Å². The topological polar surface area (TPSA) is 26.3 Å². The maximum atomic E-state index is 12.7. The van der Waals surface area contributed by atoms with Crippen LogP contribution >= 0.6 is 0 Å². The van der Waals surface area contributed by atoms with Gasteiger partial charge in [-0.15, -0.1) is 0 Å². The summed E-state index contributed by atoms with van der Waals surface area (Å²) in [6, 6.07) is 2.90. The van der Waals surface area contributed by atoms with Crippen LogP contribution in [-0.4, -0.2) is 12.1 Å². The fraction of sp³-hybridized carbons (Fsp3) is 0.300. The van der Waals surface area contributed by atoms with Crippen molar-refractivity contribution in [1.29, 1.82) is 0 Å². The first kappa shape index (κ1) is 10.6. The molecule has 4 heteroatoms. The highest BCUT2D eigenvalue weighted by atomic mass is 19.2. The molecule has 0 aliphatic carbocycles. The van der Waals surface area contributed by atoms with Gasteiger partial charge < -0.3 is 4.74 Å². The smallest absolute Gasteiger partial charge is 0.338 e. The van der Waals surface area contributed by atoms with Gasteiger partial charge in [-0.05, 0) is 32.0 Å². The van der Waals surface area contributed by atoms with Gasteiger partial charge in [0.25, 0.3) is 0 Å². The Labute approximate surface area is 80.5 Å². The van der Waals surface area contributed by atoms with Crippen LogP contribution in [0.15, 0.2) is 18.2 Å². The first-order valence-electron chi connectivity index (χ1n) is 4.16. The number of ether oxygens (including phenoxy) is 1. The fourth-order valence-electron chi connectivity index (χ4n) is 0.905. The highest BCUT2D eigenvalue weighted by molar-refractivity contribution is 5.89. The highest BCUT2D eigenvalue weighted by Gasteiger charge is 2.11. The molecule has 0 heterocycles. The maximum absolute atomic E-state index is 12.7. The first-order valence-corrected chi connectivity index (χ1v) is 4.16. The van der Waals surface area contributed by atoms with Crippen LogP contribution in [-0.2, 0) is 4.74 Å². The lowest BCUT2D eigenvalue weighted by molar-refractivity contribution is 0.0377. The van der Waals surface area contributed by atoms with Gasteiger partial charge in [-0.3, -0.25) is 0 Å². The standard InChI is InChI=1S/C10H10F2O2/c1-6(2)14-10(13)7-3-4-8(11)9(12)5-7/h3-6H,1-2H3. The summed E-state index contributed by atoms with van der Waals surface area (Å²) >= 11 is 0. The minimum atomic E-state index is -1.05. The van der Waals surface area contributed by atoms with E-state index < -0.39 is 17.6 Å². The lowest BCUT2D eigenvalue weighted by atomic mass is 10.2. The lowest BCUT2D eigenvalue weighted by Gasteiger charge is -2.07. The Balaban J connectivity index is 2.86. The normalized spacial score (nSPS) is 10.4. The lowest BCUT2D eigenvalue weighted by Crippen LogP contribution is -2.11. The number of carbonyl (C=O) groups excluding carboxylic acids is 1. The molecule has 0 amide bonds. The van der Waals surface area contributed by atoms with E-state index in [2.05, 4.69) is 0 Å². The summed E-state index contributed by atoms with van der Waals surface area (Å²) in [5, 5.41) is 0. The van der Waals surface area contributed by atoms with Gasteiger partial charge in [0.1, 0.15) is 0 Å². The fourth-order valence-corrected chi connectivity index (χ4v) is 0.905. The van der Waals surface area contributed by atoms with E-state index in [4.69, 9.17) is 4.74 Å². The molecule has 0 saturated carbocycles. The van der Waals surface area contributed by atoms with E-state index in [1.165, 1.54) is 6.07 Å². The average Bonchev–Trinajstić information content (AvgIpc) is 2.08. The Bertz CT molecular complexity index is 348. The molecule has 0 spiro atoms. The largest absolute Gasteiger partial charge is 0.459 e. The molecule has 1 aromatic rings. The summed E-state index contributed by atoms with van der Waals surface area (Å²) in [6.07, 6.45) is -0.282. The Hall–Kier alpha value is -1.45. The second kappa shape index (κ2) is 4.17. The van der Waals surface area contributed by atoms with Gasteiger partial charge >= 0.3 is 5.97 Å². The van der Waals surface area contributed by atoms with Crippen molar-refractivity contribution in [2.45, 2.75) is 20.0 Å². The highest BCUT2D eigenvalue weighted by Crippen LogP contribution is 2.10. The Morgan fingerprint density at radius 2 is 1.93 bits per heavy atom. The molecule has 0 saturated heterocycles. The predicted molar refractivity (Wildman–Crippen MR) is 46.9 cm³/mol. The molecule has 0 bridgehead atoms. The molecule has 0 N–H and O–H groups in total. The molecule has 0 aliphatic heterocycles. The van der Waals surface area contributed by atoms with Crippen molar-refractivity contribution in [3.05, 3.63) is 35.4 Å². The third kappa shape index (κ3) is 2.52. The Morgan fingerprint density at radius 1 is 1.29 bits per heavy atom. The number of hydrogen-bond acceptors (Lipinski definition) is 2. The number of carbonyl (C=O) groups is 1. The van der Waals surface area contributed by atoms with Crippen molar-refractivity contribution in [1.82, 2.24) is 0 Å². The molecule has 14 heavy (non-hydrogen) atoms. The molecule has 0 atom stereocenters. The van der Waals surface area contributed by atoms with Gasteiger partial charge in [0.15, 0.2) is 11.6 Å². The van der Waals surface area contributed by atoms with Crippen molar-refractivity contribution in [3.8, 4) is 0 Å². The third-order valence-electron chi connectivity index (χ3n) is 1.50. The molecule has 1 aromatic carbocycles. The molecular formula is C10H10F2O2. The number of hydrogen-bond donors (Lipinski definition) is 0. The molecule has 2 nitrogen and oxygen atoms in total. The van der Waals surface area contributed by atoms with Crippen LogP contribution < -0.4 is 0 Å². The van der Waals surface area contributed by atoms with Gasteiger partial charge in [-0.25, -0.2) is 13.6 Å². The zero-order valence-electron chi connectivity index (χ0n) is 7.88. The van der Waals surface area contributed by atoms with Crippen LogP contribution in [0.2, 0.25) is 0 Å². The molecule has 76 valence electrons. The Morgan fingerprint density at radius 3 is 2.43 bits per heavy atom. The molecular weight excluding hydrogens is 190 g/mol. The molecule has 0 aliphatic rings. The van der Waals surface area contributed by atoms with E-state index in [9.17, 15) is 13.6 Å². The van der Waals surface area contributed by atoms with E-state index in [1.807, 2.05) is 0 Å². The summed E-state index contributed by atoms with van der Waals surface area (Å²) in [5.41, 5.74) is 0.0117. The van der Waals surface area contributed by atoms with Gasteiger partial charge in [0.2, 0.25) is 0 Å². The van der Waals surface area contributed by atoms with Crippen LogP contribution in [0.3, 0.4) is 0 Å². The minimum Gasteiger partial charge on any atom is -0.459 e. The number of rotatable bonds is 2. The maximum Gasteiger partial charge on any atom is 0.338 e. The second-order valence-electron chi connectivity index (χ2n) is 3.08. The van der Waals surface area contributed by atoms with Crippen molar-refractivity contribution < 1.29 is 18.3 Å². The molecule has 0 fully saturated rings.